The maximum Gasteiger partial charge on any atom is 0.0872 e. The van der Waals surface area contributed by atoms with Gasteiger partial charge in [0, 0.05) is 16.0 Å². The zero-order chi connectivity index (χ0) is 16.3. The monoisotopic (exact) mass is 353 g/mol. The van der Waals surface area contributed by atoms with Gasteiger partial charge in [0.05, 0.1) is 15.6 Å². The molecule has 2 aliphatic rings. The minimum atomic E-state index is 0.239. The Morgan fingerprint density at radius 3 is 2.67 bits per heavy atom. The molecule has 0 saturated heterocycles. The van der Waals surface area contributed by atoms with Crippen molar-refractivity contribution < 1.29 is 0 Å². The van der Waals surface area contributed by atoms with E-state index in [4.69, 9.17) is 0 Å². The van der Waals surface area contributed by atoms with Crippen LogP contribution >= 0.6 is 22.7 Å². The van der Waals surface area contributed by atoms with Gasteiger partial charge in [-0.25, -0.2) is 0 Å². The lowest BCUT2D eigenvalue weighted by Gasteiger charge is -2.45. The molecule has 0 bridgehead atoms. The number of aryl methyl sites for hydroxylation is 1. The predicted octanol–water partition coefficient (Wildman–Crippen LogP) is 7.01. The molecule has 1 fully saturated rings. The van der Waals surface area contributed by atoms with Crippen molar-refractivity contribution in [3.8, 4) is 0 Å². The highest BCUT2D eigenvalue weighted by Crippen LogP contribution is 2.60. The molecule has 1 atom stereocenters. The quantitative estimate of drug-likeness (QED) is 0.454. The Hall–Kier alpha value is -1.32. The Bertz CT molecular complexity index is 898. The molecule has 3 aromatic rings. The molecule has 5 rings (SSSR count). The normalized spacial score (nSPS) is 22.4. The Morgan fingerprint density at radius 1 is 1.08 bits per heavy atom. The van der Waals surface area contributed by atoms with Crippen LogP contribution in [-0.2, 0) is 5.54 Å². The molecule has 1 saturated carbocycles. The lowest BCUT2D eigenvalue weighted by atomic mass is 9.80. The van der Waals surface area contributed by atoms with E-state index in [1.807, 2.05) is 11.3 Å². The number of thiophene rings is 2. The number of rotatable bonds is 1. The van der Waals surface area contributed by atoms with Crippen molar-refractivity contribution in [3.63, 3.8) is 0 Å². The fraction of sp³-hybridized carbons (Fsp3) is 0.429. The first-order chi connectivity index (χ1) is 11.7. The molecule has 0 radical (unpaired) electrons. The van der Waals surface area contributed by atoms with E-state index in [2.05, 4.69) is 65.8 Å². The van der Waals surface area contributed by atoms with Crippen LogP contribution in [0.3, 0.4) is 0 Å². The summed E-state index contributed by atoms with van der Waals surface area (Å²) in [6, 6.07) is 11.8. The van der Waals surface area contributed by atoms with Gasteiger partial charge < -0.3 is 4.90 Å². The number of para-hydroxylation sites is 1. The van der Waals surface area contributed by atoms with Crippen LogP contribution in [0.4, 0.5) is 5.69 Å². The van der Waals surface area contributed by atoms with Crippen molar-refractivity contribution in [1.82, 2.24) is 0 Å². The van der Waals surface area contributed by atoms with Crippen LogP contribution in [0.5, 0.6) is 0 Å². The van der Waals surface area contributed by atoms with Gasteiger partial charge in [0.2, 0.25) is 0 Å². The Morgan fingerprint density at radius 2 is 1.88 bits per heavy atom. The number of hydrogen-bond donors (Lipinski definition) is 0. The Kier molecular flexibility index (Phi) is 3.33. The number of anilines is 1. The van der Waals surface area contributed by atoms with Gasteiger partial charge in [-0.2, -0.15) is 0 Å². The first kappa shape index (κ1) is 15.0. The summed E-state index contributed by atoms with van der Waals surface area (Å²) < 4.78 is 1.53. The van der Waals surface area contributed by atoms with Crippen molar-refractivity contribution >= 4 is 37.8 Å². The predicted molar refractivity (Wildman–Crippen MR) is 107 cm³/mol. The first-order valence-corrected chi connectivity index (χ1v) is 10.8. The standard InChI is InChI=1S/C21H23NS2/c1-14-8-4-5-9-17(14)22-15(2)18-16-10-13-23-20(16)24-19(18)21(22)11-6-3-7-12-21/h4-5,8-10,13,15H,3,6-7,11-12H2,1-2H3. The Balaban J connectivity index is 1.77. The second-order valence-corrected chi connectivity index (χ2v) is 9.59. The topological polar surface area (TPSA) is 3.24 Å². The summed E-state index contributed by atoms with van der Waals surface area (Å²) in [5.41, 5.74) is 4.72. The number of hydrogen-bond acceptors (Lipinski definition) is 3. The molecule has 1 nitrogen and oxygen atoms in total. The second kappa shape index (κ2) is 5.34. The van der Waals surface area contributed by atoms with Crippen LogP contribution in [0.1, 0.15) is 61.1 Å². The molecule has 0 N–H and O–H groups in total. The average Bonchev–Trinajstić information content (AvgIpc) is 3.23. The lowest BCUT2D eigenvalue weighted by molar-refractivity contribution is 0.288. The van der Waals surface area contributed by atoms with Crippen LogP contribution in [0.2, 0.25) is 0 Å². The van der Waals surface area contributed by atoms with E-state index < -0.39 is 0 Å². The average molecular weight is 354 g/mol. The van der Waals surface area contributed by atoms with Gasteiger partial charge in [0.15, 0.2) is 0 Å². The molecule has 0 amide bonds. The van der Waals surface area contributed by atoms with Crippen molar-refractivity contribution in [3.05, 3.63) is 51.7 Å². The van der Waals surface area contributed by atoms with Crippen LogP contribution in [-0.4, -0.2) is 0 Å². The smallest absolute Gasteiger partial charge is 0.0872 e. The van der Waals surface area contributed by atoms with Crippen molar-refractivity contribution in [1.29, 1.82) is 0 Å². The molecule has 1 unspecified atom stereocenters. The Labute approximate surface area is 151 Å². The lowest BCUT2D eigenvalue weighted by Crippen LogP contribution is -2.44. The first-order valence-electron chi connectivity index (χ1n) is 9.08. The van der Waals surface area contributed by atoms with E-state index >= 15 is 0 Å². The molecular formula is C21H23NS2. The van der Waals surface area contributed by atoms with E-state index in [0.717, 1.165) is 0 Å². The summed E-state index contributed by atoms with van der Waals surface area (Å²) in [5, 5.41) is 3.78. The minimum absolute atomic E-state index is 0.239. The summed E-state index contributed by atoms with van der Waals surface area (Å²) in [6.07, 6.45) is 6.74. The molecule has 1 spiro atoms. The van der Waals surface area contributed by atoms with Crippen LogP contribution in [0, 0.1) is 6.92 Å². The third-order valence-electron chi connectivity index (χ3n) is 6.10. The fourth-order valence-electron chi connectivity index (χ4n) is 5.09. The summed E-state index contributed by atoms with van der Waals surface area (Å²) in [6.45, 7) is 4.70. The maximum absolute atomic E-state index is 2.79. The highest BCUT2D eigenvalue weighted by atomic mass is 32.2. The van der Waals surface area contributed by atoms with Crippen molar-refractivity contribution in [2.24, 2.45) is 0 Å². The molecule has 1 aromatic carbocycles. The maximum atomic E-state index is 2.79. The summed E-state index contributed by atoms with van der Waals surface area (Å²) in [4.78, 5) is 4.47. The van der Waals surface area contributed by atoms with Gasteiger partial charge in [-0.1, -0.05) is 37.5 Å². The highest BCUT2D eigenvalue weighted by molar-refractivity contribution is 7.37. The summed E-state index contributed by atoms with van der Waals surface area (Å²) in [5.74, 6) is 0. The number of nitrogens with zero attached hydrogens (tertiary/aromatic N) is 1. The molecule has 3 heterocycles. The van der Waals surface area contributed by atoms with E-state index in [-0.39, 0.29) is 5.54 Å². The van der Waals surface area contributed by atoms with E-state index in [1.54, 1.807) is 10.4 Å². The van der Waals surface area contributed by atoms with E-state index in [9.17, 15) is 0 Å². The molecule has 1 aliphatic heterocycles. The van der Waals surface area contributed by atoms with E-state index in [1.165, 1.54) is 52.8 Å². The molecule has 3 heteroatoms. The molecule has 124 valence electrons. The zero-order valence-electron chi connectivity index (χ0n) is 14.3. The molecule has 2 aromatic heterocycles. The minimum Gasteiger partial charge on any atom is -0.354 e. The zero-order valence-corrected chi connectivity index (χ0v) is 16.0. The second-order valence-electron chi connectivity index (χ2n) is 7.39. The summed E-state index contributed by atoms with van der Waals surface area (Å²) >= 11 is 4.00. The van der Waals surface area contributed by atoms with Gasteiger partial charge in [-0.05, 0) is 55.3 Å². The largest absolute Gasteiger partial charge is 0.354 e. The van der Waals surface area contributed by atoms with Crippen LogP contribution in [0.15, 0.2) is 35.7 Å². The fourth-order valence-corrected chi connectivity index (χ4v) is 7.69. The molecule has 1 aliphatic carbocycles. The third-order valence-corrected chi connectivity index (χ3v) is 8.56. The van der Waals surface area contributed by atoms with Crippen molar-refractivity contribution in [2.75, 3.05) is 4.90 Å². The van der Waals surface area contributed by atoms with Gasteiger partial charge >= 0.3 is 0 Å². The van der Waals surface area contributed by atoms with Gasteiger partial charge in [0.25, 0.3) is 0 Å². The van der Waals surface area contributed by atoms with Crippen molar-refractivity contribution in [2.45, 2.75) is 57.5 Å². The van der Waals surface area contributed by atoms with Gasteiger partial charge in [0.1, 0.15) is 0 Å². The number of benzene rings is 1. The van der Waals surface area contributed by atoms with Crippen LogP contribution in [0.25, 0.3) is 9.40 Å². The molecular weight excluding hydrogens is 330 g/mol. The summed E-state index contributed by atoms with van der Waals surface area (Å²) in [7, 11) is 0. The van der Waals surface area contributed by atoms with Crippen LogP contribution < -0.4 is 4.90 Å². The highest BCUT2D eigenvalue weighted by Gasteiger charge is 2.51. The number of fused-ring (bicyclic) bond motifs is 4. The molecule has 24 heavy (non-hydrogen) atoms. The van der Waals surface area contributed by atoms with Gasteiger partial charge in [-0.15, -0.1) is 22.7 Å². The van der Waals surface area contributed by atoms with E-state index in [0.29, 0.717) is 6.04 Å². The van der Waals surface area contributed by atoms with Gasteiger partial charge in [-0.3, -0.25) is 0 Å². The SMILES string of the molecule is Cc1ccccc1N1C(C)c2c(sc3sccc23)C12CCCCC2. The third kappa shape index (κ3) is 1.86.